The maximum Gasteiger partial charge on any atom is 0.326 e. The summed E-state index contributed by atoms with van der Waals surface area (Å²) in [5.74, 6) is -10.3. The SMILES string of the molecule is NCCCCC(NC(=O)CNC(=O)C(CC(=O)O)NC(=O)CNC(=O)C(N)CO)C(=O)NC(CS)C(=O)NC(CO)C(=O)NC(CCCN=C(N)N)C(=O)O. The van der Waals surface area contributed by atoms with E-state index in [1.54, 1.807) is 0 Å². The second kappa shape index (κ2) is 27.3. The number of aliphatic hydroxyl groups excluding tert-OH is 2. The van der Waals surface area contributed by atoms with Gasteiger partial charge in [-0.05, 0) is 38.6 Å². The van der Waals surface area contributed by atoms with Crippen molar-refractivity contribution in [1.29, 1.82) is 0 Å². The molecule has 0 rings (SSSR count). The van der Waals surface area contributed by atoms with E-state index in [-0.39, 0.29) is 44.1 Å². The lowest BCUT2D eigenvalue weighted by molar-refractivity contribution is -0.143. The summed E-state index contributed by atoms with van der Waals surface area (Å²) in [6, 6.07) is -8.85. The number of carbonyl (C=O) groups excluding carboxylic acids is 7. The third-order valence-corrected chi connectivity index (χ3v) is 7.57. The number of aliphatic carboxylic acids is 2. The molecule has 0 heterocycles. The van der Waals surface area contributed by atoms with Gasteiger partial charge in [0.2, 0.25) is 41.4 Å². The van der Waals surface area contributed by atoms with Crippen molar-refractivity contribution < 1.29 is 63.6 Å². The monoisotopic (exact) mass is 808 g/mol. The number of thiol groups is 1. The zero-order chi connectivity index (χ0) is 42.1. The molecule has 19 N–H and O–H groups in total. The van der Waals surface area contributed by atoms with Gasteiger partial charge in [0.05, 0.1) is 32.7 Å². The van der Waals surface area contributed by atoms with E-state index in [4.69, 9.17) is 28.0 Å². The number of nitrogens with two attached hydrogens (primary N) is 4. The summed E-state index contributed by atoms with van der Waals surface area (Å²) in [7, 11) is 0. The van der Waals surface area contributed by atoms with Crippen LogP contribution in [-0.4, -0.2) is 161 Å². The predicted octanol–water partition coefficient (Wildman–Crippen LogP) is -8.37. The Hall–Kier alpha value is -5.31. The molecule has 0 aromatic carbocycles. The summed E-state index contributed by atoms with van der Waals surface area (Å²) in [6.07, 6.45) is -0.106. The average Bonchev–Trinajstić information content (AvgIpc) is 3.13. The van der Waals surface area contributed by atoms with E-state index in [0.717, 1.165) is 0 Å². The number of amides is 7. The molecule has 6 unspecified atom stereocenters. The van der Waals surface area contributed by atoms with Crippen LogP contribution in [0, 0.1) is 0 Å². The van der Waals surface area contributed by atoms with E-state index < -0.39 is 122 Å². The number of unbranched alkanes of at least 4 members (excludes halogenated alkanes) is 1. The summed E-state index contributed by atoms with van der Waals surface area (Å²) in [4.78, 5) is 115. The molecule has 0 saturated carbocycles. The molecular formula is C29H52N12O13S. The summed E-state index contributed by atoms with van der Waals surface area (Å²) >= 11 is 4.06. The fourth-order valence-corrected chi connectivity index (χ4v) is 4.53. The fraction of sp³-hybridized carbons (Fsp3) is 0.655. The van der Waals surface area contributed by atoms with Crippen molar-refractivity contribution in [2.24, 2.45) is 27.9 Å². The number of hydrogen-bond donors (Lipinski definition) is 16. The van der Waals surface area contributed by atoms with Crippen molar-refractivity contribution in [2.75, 3.05) is 45.1 Å². The molecule has 0 aromatic rings. The van der Waals surface area contributed by atoms with Gasteiger partial charge in [0.25, 0.3) is 0 Å². The molecule has 0 aromatic heterocycles. The van der Waals surface area contributed by atoms with Gasteiger partial charge < -0.3 is 80.6 Å². The maximum atomic E-state index is 13.2. The molecule has 7 amide bonds. The van der Waals surface area contributed by atoms with E-state index >= 15 is 0 Å². The van der Waals surface area contributed by atoms with Gasteiger partial charge in [-0.1, -0.05) is 0 Å². The summed E-state index contributed by atoms with van der Waals surface area (Å²) in [5.41, 5.74) is 21.3. The summed E-state index contributed by atoms with van der Waals surface area (Å²) in [6.45, 7) is -2.88. The highest BCUT2D eigenvalue weighted by molar-refractivity contribution is 7.80. The standard InChI is InChI=1S/C29H52N12O13S/c30-6-2-1-4-15(37-20(44)10-36-24(49)17(8-22(46)47)38-21(45)9-35-23(48)14(31)11-42)25(50)41-19(13-55)27(52)40-18(12-43)26(51)39-16(28(53)54)5-3-7-34-29(32)33/h14-19,42-43,55H,1-13,30-31H2,(H,35,48)(H,36,49)(H,37,44)(H,38,45)(H,39,51)(H,40,52)(H,41,50)(H,46,47)(H,53,54)(H4,32,33,34). The molecule has 25 nitrogen and oxygen atoms in total. The summed E-state index contributed by atoms with van der Waals surface area (Å²) < 4.78 is 0. The van der Waals surface area contributed by atoms with Gasteiger partial charge in [-0.3, -0.25) is 43.3 Å². The van der Waals surface area contributed by atoms with Crippen molar-refractivity contribution in [3.8, 4) is 0 Å². The van der Waals surface area contributed by atoms with Crippen LogP contribution in [0.5, 0.6) is 0 Å². The quantitative estimate of drug-likeness (QED) is 0.0151. The Morgan fingerprint density at radius 1 is 0.618 bits per heavy atom. The molecule has 26 heteroatoms. The van der Waals surface area contributed by atoms with E-state index in [0.29, 0.717) is 12.8 Å². The number of carboxylic acids is 2. The number of carboxylic acid groups (broad SMARTS) is 2. The molecule has 0 saturated heterocycles. The minimum Gasteiger partial charge on any atom is -0.481 e. The number of hydrogen-bond acceptors (Lipinski definition) is 15. The smallest absolute Gasteiger partial charge is 0.326 e. The fourth-order valence-electron chi connectivity index (χ4n) is 4.27. The highest BCUT2D eigenvalue weighted by Gasteiger charge is 2.31. The van der Waals surface area contributed by atoms with Gasteiger partial charge in [0, 0.05) is 12.3 Å². The zero-order valence-electron chi connectivity index (χ0n) is 29.8. The number of nitrogens with zero attached hydrogens (tertiary/aromatic N) is 1. The Morgan fingerprint density at radius 2 is 1.13 bits per heavy atom. The van der Waals surface area contributed by atoms with E-state index in [9.17, 15) is 58.5 Å². The highest BCUT2D eigenvalue weighted by atomic mass is 32.1. The van der Waals surface area contributed by atoms with Crippen LogP contribution in [0.4, 0.5) is 0 Å². The van der Waals surface area contributed by atoms with Crippen molar-refractivity contribution >= 4 is 71.9 Å². The zero-order valence-corrected chi connectivity index (χ0v) is 30.7. The van der Waals surface area contributed by atoms with Crippen LogP contribution in [0.3, 0.4) is 0 Å². The van der Waals surface area contributed by atoms with Crippen LogP contribution < -0.4 is 60.2 Å². The molecule has 0 radical (unpaired) electrons. The first-order valence-electron chi connectivity index (χ1n) is 16.7. The lowest BCUT2D eigenvalue weighted by atomic mass is 10.1. The van der Waals surface area contributed by atoms with Crippen molar-refractivity contribution in [3.05, 3.63) is 0 Å². The number of nitrogens with one attached hydrogen (secondary N) is 7. The Labute approximate surface area is 320 Å². The minimum absolute atomic E-state index is 0.00554. The van der Waals surface area contributed by atoms with Crippen molar-refractivity contribution in [3.63, 3.8) is 0 Å². The Bertz CT molecular complexity index is 1370. The first kappa shape index (κ1) is 49.7. The lowest BCUT2D eigenvalue weighted by Gasteiger charge is -2.25. The van der Waals surface area contributed by atoms with Crippen LogP contribution in [0.25, 0.3) is 0 Å². The second-order valence-electron chi connectivity index (χ2n) is 11.7. The average molecular weight is 809 g/mol. The van der Waals surface area contributed by atoms with Gasteiger partial charge in [0.1, 0.15) is 36.3 Å². The minimum atomic E-state index is -1.70. The topological polar surface area (TPSA) is 435 Å². The Morgan fingerprint density at radius 3 is 1.64 bits per heavy atom. The van der Waals surface area contributed by atoms with Crippen LogP contribution in [0.1, 0.15) is 38.5 Å². The van der Waals surface area contributed by atoms with E-state index in [1.165, 1.54) is 0 Å². The maximum absolute atomic E-state index is 13.2. The van der Waals surface area contributed by atoms with Crippen LogP contribution >= 0.6 is 12.6 Å². The lowest BCUT2D eigenvalue weighted by Crippen LogP contribution is -2.59. The van der Waals surface area contributed by atoms with Crippen molar-refractivity contribution in [2.45, 2.75) is 74.8 Å². The van der Waals surface area contributed by atoms with Gasteiger partial charge in [-0.15, -0.1) is 0 Å². The van der Waals surface area contributed by atoms with Gasteiger partial charge in [-0.2, -0.15) is 12.6 Å². The van der Waals surface area contributed by atoms with E-state index in [2.05, 4.69) is 54.8 Å². The molecule has 55 heavy (non-hydrogen) atoms. The normalized spacial score (nSPS) is 13.9. The highest BCUT2D eigenvalue weighted by Crippen LogP contribution is 2.04. The van der Waals surface area contributed by atoms with Crippen LogP contribution in [0.2, 0.25) is 0 Å². The summed E-state index contributed by atoms with van der Waals surface area (Å²) in [5, 5.41) is 52.7. The molecule has 312 valence electrons. The first-order valence-corrected chi connectivity index (χ1v) is 17.4. The largest absolute Gasteiger partial charge is 0.481 e. The molecule has 0 aliphatic rings. The third kappa shape index (κ3) is 21.2. The number of guanidine groups is 1. The second-order valence-corrected chi connectivity index (χ2v) is 12.0. The van der Waals surface area contributed by atoms with Gasteiger partial charge in [0.15, 0.2) is 5.96 Å². The predicted molar refractivity (Wildman–Crippen MR) is 194 cm³/mol. The molecule has 0 bridgehead atoms. The Kier molecular flexibility index (Phi) is 24.7. The third-order valence-electron chi connectivity index (χ3n) is 7.20. The molecule has 0 spiro atoms. The molecule has 0 aliphatic carbocycles. The van der Waals surface area contributed by atoms with Crippen molar-refractivity contribution in [1.82, 2.24) is 37.2 Å². The Balaban J connectivity index is 5.53. The number of aliphatic imine (C=N–C) groups is 1. The van der Waals surface area contributed by atoms with Crippen LogP contribution in [-0.2, 0) is 43.2 Å². The van der Waals surface area contributed by atoms with Gasteiger partial charge in [-0.25, -0.2) is 4.79 Å². The van der Waals surface area contributed by atoms with Gasteiger partial charge >= 0.3 is 11.9 Å². The van der Waals surface area contributed by atoms with E-state index in [1.807, 2.05) is 0 Å². The first-order chi connectivity index (χ1) is 25.9. The number of aliphatic hydroxyl groups is 2. The number of rotatable bonds is 28. The molecular weight excluding hydrogens is 756 g/mol. The molecule has 0 fully saturated rings. The molecule has 6 atom stereocenters. The number of carbonyl (C=O) groups is 9. The van der Waals surface area contributed by atoms with Crippen LogP contribution in [0.15, 0.2) is 4.99 Å². The molecule has 0 aliphatic heterocycles.